The number of ether oxygens (including phenoxy) is 2. The summed E-state index contributed by atoms with van der Waals surface area (Å²) in [6, 6.07) is 12.8. The second-order valence-corrected chi connectivity index (χ2v) is 10.2. The number of anilines is 1. The fourth-order valence-electron chi connectivity index (χ4n) is 5.06. The van der Waals surface area contributed by atoms with Gasteiger partial charge in [-0.2, -0.15) is 0 Å². The van der Waals surface area contributed by atoms with Gasteiger partial charge >= 0.3 is 5.97 Å². The van der Waals surface area contributed by atoms with E-state index in [2.05, 4.69) is 27.7 Å². The molecule has 9 heteroatoms. The third-order valence-electron chi connectivity index (χ3n) is 7.52. The summed E-state index contributed by atoms with van der Waals surface area (Å²) in [6.07, 6.45) is 5.42. The highest BCUT2D eigenvalue weighted by molar-refractivity contribution is 5.92. The molecule has 4 rings (SSSR count). The number of fused-ring (bicyclic) bond motifs is 1. The van der Waals surface area contributed by atoms with E-state index in [0.29, 0.717) is 26.1 Å². The number of nitrogens with one attached hydrogen (secondary N) is 2. The van der Waals surface area contributed by atoms with E-state index in [-0.39, 0.29) is 19.1 Å². The van der Waals surface area contributed by atoms with Gasteiger partial charge in [0.1, 0.15) is 17.3 Å². The van der Waals surface area contributed by atoms with E-state index in [1.807, 2.05) is 30.3 Å². The van der Waals surface area contributed by atoms with E-state index in [0.717, 1.165) is 62.3 Å². The summed E-state index contributed by atoms with van der Waals surface area (Å²) in [5, 5.41) is 16.0. The molecule has 3 N–H and O–H groups in total. The van der Waals surface area contributed by atoms with E-state index in [1.54, 1.807) is 7.11 Å². The average Bonchev–Trinajstić information content (AvgIpc) is 2.91. The molecule has 1 aromatic heterocycles. The van der Waals surface area contributed by atoms with Gasteiger partial charge in [-0.1, -0.05) is 36.4 Å². The van der Waals surface area contributed by atoms with Crippen molar-refractivity contribution in [1.29, 1.82) is 0 Å². The zero-order valence-electron chi connectivity index (χ0n) is 22.3. The Labute approximate surface area is 224 Å². The molecule has 0 aliphatic carbocycles. The van der Waals surface area contributed by atoms with Gasteiger partial charge in [-0.05, 0) is 62.3 Å². The van der Waals surface area contributed by atoms with Crippen LogP contribution in [0.2, 0.25) is 0 Å². The fraction of sp³-hybridized carbons (Fsp3) is 0.552. The zero-order valence-corrected chi connectivity index (χ0v) is 22.3. The maximum atomic E-state index is 13.2. The molecule has 2 aliphatic rings. The van der Waals surface area contributed by atoms with Gasteiger partial charge in [-0.3, -0.25) is 4.79 Å². The number of hydrogen-bond acceptors (Lipinski definition) is 7. The van der Waals surface area contributed by atoms with Crippen LogP contribution >= 0.6 is 0 Å². The van der Waals surface area contributed by atoms with Crippen molar-refractivity contribution in [2.45, 2.75) is 50.0 Å². The third kappa shape index (κ3) is 7.09. The number of carbonyl (C=O) groups excluding carboxylic acids is 1. The number of unbranched alkanes of at least 4 members (excludes halogenated alkanes) is 1. The van der Waals surface area contributed by atoms with Gasteiger partial charge in [-0.25, -0.2) is 9.78 Å². The number of aromatic nitrogens is 1. The highest BCUT2D eigenvalue weighted by Crippen LogP contribution is 2.32. The van der Waals surface area contributed by atoms with Crippen LogP contribution in [0, 0.1) is 0 Å². The Morgan fingerprint density at radius 1 is 1.16 bits per heavy atom. The highest BCUT2D eigenvalue weighted by Gasteiger charge is 2.48. The Balaban J connectivity index is 1.27. The molecule has 1 unspecified atom stereocenters. The molecule has 3 heterocycles. The SMILES string of the molecule is COCCN(CCCCc1ccc2c(n1)NCCC2)CCC(NC(=O)C1(c2ccccc2)COC1)C(=O)O. The summed E-state index contributed by atoms with van der Waals surface area (Å²) in [5.74, 6) is -0.293. The van der Waals surface area contributed by atoms with Crippen molar-refractivity contribution in [1.82, 2.24) is 15.2 Å². The van der Waals surface area contributed by atoms with E-state index >= 15 is 0 Å². The monoisotopic (exact) mass is 524 g/mol. The van der Waals surface area contributed by atoms with E-state index in [4.69, 9.17) is 14.5 Å². The van der Waals surface area contributed by atoms with E-state index in [1.165, 1.54) is 5.56 Å². The Bertz CT molecular complexity index is 1060. The molecule has 0 saturated carbocycles. The lowest BCUT2D eigenvalue weighted by Crippen LogP contribution is -2.60. The topological polar surface area (TPSA) is 113 Å². The third-order valence-corrected chi connectivity index (χ3v) is 7.52. The van der Waals surface area contributed by atoms with Gasteiger partial charge < -0.3 is 30.1 Å². The molecule has 1 fully saturated rings. The number of pyridine rings is 1. The number of methoxy groups -OCH3 is 1. The maximum Gasteiger partial charge on any atom is 0.326 e. The van der Waals surface area contributed by atoms with Crippen LogP contribution in [-0.4, -0.2) is 86.0 Å². The number of rotatable bonds is 15. The van der Waals surface area contributed by atoms with Crippen molar-refractivity contribution < 1.29 is 24.2 Å². The average molecular weight is 525 g/mol. The lowest BCUT2D eigenvalue weighted by molar-refractivity contribution is -0.151. The minimum atomic E-state index is -1.03. The van der Waals surface area contributed by atoms with Gasteiger partial charge in [0.05, 0.1) is 19.8 Å². The van der Waals surface area contributed by atoms with Gasteiger partial charge in [0.25, 0.3) is 0 Å². The van der Waals surface area contributed by atoms with E-state index < -0.39 is 17.4 Å². The van der Waals surface area contributed by atoms with Crippen LogP contribution in [0.1, 0.15) is 42.5 Å². The van der Waals surface area contributed by atoms with Crippen molar-refractivity contribution in [2.75, 3.05) is 58.4 Å². The van der Waals surface area contributed by atoms with E-state index in [9.17, 15) is 14.7 Å². The van der Waals surface area contributed by atoms with Crippen LogP contribution in [-0.2, 0) is 37.3 Å². The smallest absolute Gasteiger partial charge is 0.326 e. The lowest BCUT2D eigenvalue weighted by atomic mass is 9.77. The van der Waals surface area contributed by atoms with Crippen molar-refractivity contribution >= 4 is 17.7 Å². The molecule has 2 aliphatic heterocycles. The first-order chi connectivity index (χ1) is 18.5. The molecule has 9 nitrogen and oxygen atoms in total. The summed E-state index contributed by atoms with van der Waals surface area (Å²) < 4.78 is 10.7. The number of carboxylic acid groups (broad SMARTS) is 1. The van der Waals surface area contributed by atoms with Crippen LogP contribution in [0.3, 0.4) is 0 Å². The summed E-state index contributed by atoms with van der Waals surface area (Å²) in [7, 11) is 1.66. The molecule has 1 atom stereocenters. The first-order valence-electron chi connectivity index (χ1n) is 13.6. The largest absolute Gasteiger partial charge is 0.480 e. The molecule has 0 radical (unpaired) electrons. The molecular weight excluding hydrogens is 484 g/mol. The number of carbonyl (C=O) groups is 2. The normalized spacial score (nSPS) is 16.7. The number of aliphatic carboxylic acids is 1. The molecule has 1 aromatic carbocycles. The predicted molar refractivity (Wildman–Crippen MR) is 145 cm³/mol. The predicted octanol–water partition coefficient (Wildman–Crippen LogP) is 2.64. The van der Waals surface area contributed by atoms with Crippen molar-refractivity contribution in [3.8, 4) is 0 Å². The van der Waals surface area contributed by atoms with Crippen LogP contribution in [0.4, 0.5) is 5.82 Å². The van der Waals surface area contributed by atoms with Crippen LogP contribution < -0.4 is 10.6 Å². The molecular formula is C29H40N4O5. The van der Waals surface area contributed by atoms with Crippen molar-refractivity contribution in [2.24, 2.45) is 0 Å². The first-order valence-corrected chi connectivity index (χ1v) is 13.6. The van der Waals surface area contributed by atoms with Gasteiger partial charge in [0.15, 0.2) is 0 Å². The molecule has 2 aromatic rings. The number of nitrogens with zero attached hydrogens (tertiary/aromatic N) is 2. The Hall–Kier alpha value is -3.01. The second-order valence-electron chi connectivity index (χ2n) is 10.2. The number of hydrogen-bond donors (Lipinski definition) is 3. The molecule has 1 saturated heterocycles. The van der Waals surface area contributed by atoms with Gasteiger partial charge in [-0.15, -0.1) is 0 Å². The summed E-state index contributed by atoms with van der Waals surface area (Å²) in [5.41, 5.74) is 2.41. The Morgan fingerprint density at radius 3 is 2.68 bits per heavy atom. The molecule has 0 bridgehead atoms. The van der Waals surface area contributed by atoms with Crippen molar-refractivity contribution in [3.05, 3.63) is 59.3 Å². The fourth-order valence-corrected chi connectivity index (χ4v) is 5.06. The summed E-state index contributed by atoms with van der Waals surface area (Å²) in [6.45, 7) is 4.15. The summed E-state index contributed by atoms with van der Waals surface area (Å²) in [4.78, 5) is 32.3. The Morgan fingerprint density at radius 2 is 1.97 bits per heavy atom. The lowest BCUT2D eigenvalue weighted by Gasteiger charge is -2.41. The number of benzene rings is 1. The number of carboxylic acids is 1. The van der Waals surface area contributed by atoms with Gasteiger partial charge in [0, 0.05) is 32.4 Å². The number of amides is 1. The van der Waals surface area contributed by atoms with Crippen LogP contribution in [0.5, 0.6) is 0 Å². The first kappa shape index (κ1) is 28.0. The van der Waals surface area contributed by atoms with Crippen LogP contribution in [0.25, 0.3) is 0 Å². The quantitative estimate of drug-likeness (QED) is 0.305. The molecule has 0 spiro atoms. The maximum absolute atomic E-state index is 13.2. The molecule has 206 valence electrons. The highest BCUT2D eigenvalue weighted by atomic mass is 16.5. The zero-order chi connectivity index (χ0) is 26.8. The molecule has 38 heavy (non-hydrogen) atoms. The Kier molecular flexibility index (Phi) is 10.1. The minimum Gasteiger partial charge on any atom is -0.480 e. The standard InChI is InChI=1S/C29H40N4O5/c1-37-19-18-33(16-6-5-11-24-13-12-22-8-7-15-30-26(22)31-24)17-14-25(27(34)35)32-28(36)29(20-38-21-29)23-9-3-2-4-10-23/h2-4,9-10,12-13,25H,5-8,11,14-21H2,1H3,(H,30,31)(H,32,36)(H,34,35). The van der Waals surface area contributed by atoms with Crippen molar-refractivity contribution in [3.63, 3.8) is 0 Å². The summed E-state index contributed by atoms with van der Waals surface area (Å²) >= 11 is 0. The van der Waals surface area contributed by atoms with Crippen LogP contribution in [0.15, 0.2) is 42.5 Å². The van der Waals surface area contributed by atoms with Gasteiger partial charge in [0.2, 0.25) is 5.91 Å². The molecule has 1 amide bonds. The minimum absolute atomic E-state index is 0.254. The number of aryl methyl sites for hydroxylation is 2. The second kappa shape index (κ2) is 13.7.